The second-order valence-electron chi connectivity index (χ2n) is 6.70. The van der Waals surface area contributed by atoms with E-state index in [4.69, 9.17) is 14.6 Å². The van der Waals surface area contributed by atoms with E-state index in [1.807, 2.05) is 54.7 Å². The fourth-order valence-corrected chi connectivity index (χ4v) is 3.12. The molecule has 0 radical (unpaired) electrons. The number of aromatic nitrogens is 3. The first kappa shape index (κ1) is 20.8. The summed E-state index contributed by atoms with van der Waals surface area (Å²) in [5, 5.41) is 8.86. The molecule has 160 valence electrons. The minimum absolute atomic E-state index is 0.282. The molecule has 1 N–H and O–H groups in total. The lowest BCUT2D eigenvalue weighted by Crippen LogP contribution is -2.18. The van der Waals surface area contributed by atoms with Gasteiger partial charge in [-0.1, -0.05) is 24.3 Å². The largest absolute Gasteiger partial charge is 0.493 e. The molecule has 0 unspecified atom stereocenters. The van der Waals surface area contributed by atoms with E-state index in [1.54, 1.807) is 49.5 Å². The Bertz CT molecular complexity index is 1240. The van der Waals surface area contributed by atoms with Gasteiger partial charge in [-0.2, -0.15) is 10.2 Å². The molecule has 8 nitrogen and oxygen atoms in total. The normalized spacial score (nSPS) is 10.8. The van der Waals surface area contributed by atoms with Crippen LogP contribution in [0.5, 0.6) is 11.5 Å². The molecule has 4 rings (SSSR count). The first-order chi connectivity index (χ1) is 15.7. The highest BCUT2D eigenvalue weighted by Gasteiger charge is 2.14. The second-order valence-corrected chi connectivity index (χ2v) is 6.70. The van der Waals surface area contributed by atoms with E-state index in [9.17, 15) is 4.79 Å². The van der Waals surface area contributed by atoms with Gasteiger partial charge in [0.2, 0.25) is 0 Å². The van der Waals surface area contributed by atoms with E-state index in [-0.39, 0.29) is 5.69 Å². The number of amides is 1. The molecule has 0 bridgehead atoms. The first-order valence-electron chi connectivity index (χ1n) is 9.81. The molecule has 0 atom stereocenters. The summed E-state index contributed by atoms with van der Waals surface area (Å²) in [7, 11) is 3.17. The molecule has 0 aliphatic rings. The lowest BCUT2D eigenvalue weighted by atomic mass is 10.1. The Morgan fingerprint density at radius 1 is 1.00 bits per heavy atom. The number of nitrogens with one attached hydrogen (secondary N) is 1. The number of methoxy groups -OCH3 is 2. The number of ether oxygens (including phenoxy) is 2. The minimum Gasteiger partial charge on any atom is -0.493 e. The summed E-state index contributed by atoms with van der Waals surface area (Å²) in [5.41, 5.74) is 5.88. The molecule has 0 fully saturated rings. The van der Waals surface area contributed by atoms with E-state index < -0.39 is 5.91 Å². The van der Waals surface area contributed by atoms with Crippen molar-refractivity contribution >= 4 is 12.1 Å². The Kier molecular flexibility index (Phi) is 6.22. The number of hydrazone groups is 1. The van der Waals surface area contributed by atoms with Gasteiger partial charge in [0.15, 0.2) is 11.5 Å². The standard InChI is InChI=1S/C24H21N5O3/c1-31-21-12-11-17(14-22(21)32-2)23-18(16-29(28-23)19-8-4-3-5-9-19)15-26-27-24(30)20-10-6-7-13-25-20/h3-16H,1-2H3,(H,27,30)/b26-15-. The maximum atomic E-state index is 12.2. The van der Waals surface area contributed by atoms with Crippen LogP contribution in [0.2, 0.25) is 0 Å². The van der Waals surface area contributed by atoms with Crippen molar-refractivity contribution in [2.45, 2.75) is 0 Å². The molecule has 0 saturated heterocycles. The molecule has 1 amide bonds. The highest BCUT2D eigenvalue weighted by molar-refractivity contribution is 5.94. The maximum Gasteiger partial charge on any atom is 0.289 e. The van der Waals surface area contributed by atoms with Crippen LogP contribution < -0.4 is 14.9 Å². The smallest absolute Gasteiger partial charge is 0.289 e. The summed E-state index contributed by atoms with van der Waals surface area (Å²) >= 11 is 0. The summed E-state index contributed by atoms with van der Waals surface area (Å²) in [4.78, 5) is 16.3. The number of pyridine rings is 1. The number of para-hydroxylation sites is 1. The van der Waals surface area contributed by atoms with Gasteiger partial charge in [-0.25, -0.2) is 10.1 Å². The Balaban J connectivity index is 1.69. The maximum absolute atomic E-state index is 12.2. The summed E-state index contributed by atoms with van der Waals surface area (Å²) in [6, 6.07) is 20.4. The van der Waals surface area contributed by atoms with Crippen LogP contribution in [-0.2, 0) is 0 Å². The van der Waals surface area contributed by atoms with E-state index in [0.29, 0.717) is 22.8 Å². The van der Waals surface area contributed by atoms with Crippen molar-refractivity contribution in [1.29, 1.82) is 0 Å². The summed E-state index contributed by atoms with van der Waals surface area (Å²) in [5.74, 6) is 0.812. The van der Waals surface area contributed by atoms with E-state index in [0.717, 1.165) is 11.3 Å². The van der Waals surface area contributed by atoms with Gasteiger partial charge in [0.25, 0.3) is 5.91 Å². The number of hydrogen-bond donors (Lipinski definition) is 1. The van der Waals surface area contributed by atoms with Crippen LogP contribution in [0.3, 0.4) is 0 Å². The molecule has 0 aliphatic carbocycles. The van der Waals surface area contributed by atoms with Crippen LogP contribution in [0.25, 0.3) is 16.9 Å². The SMILES string of the molecule is COc1ccc(-c2nn(-c3ccccc3)cc2/C=N\NC(=O)c2ccccn2)cc1OC. The Morgan fingerprint density at radius 3 is 2.50 bits per heavy atom. The minimum atomic E-state index is -0.398. The topological polar surface area (TPSA) is 90.6 Å². The fourth-order valence-electron chi connectivity index (χ4n) is 3.12. The lowest BCUT2D eigenvalue weighted by molar-refractivity contribution is 0.0950. The van der Waals surface area contributed by atoms with Crippen molar-refractivity contribution in [3.05, 3.63) is 90.4 Å². The molecule has 4 aromatic rings. The van der Waals surface area contributed by atoms with Crippen LogP contribution in [0.4, 0.5) is 0 Å². The fraction of sp³-hybridized carbons (Fsp3) is 0.0833. The zero-order chi connectivity index (χ0) is 22.3. The summed E-state index contributed by atoms with van der Waals surface area (Å²) in [6.45, 7) is 0. The van der Waals surface area contributed by atoms with Gasteiger partial charge in [-0.15, -0.1) is 0 Å². The summed E-state index contributed by atoms with van der Waals surface area (Å²) < 4.78 is 12.5. The van der Waals surface area contributed by atoms with Crippen LogP contribution >= 0.6 is 0 Å². The summed E-state index contributed by atoms with van der Waals surface area (Å²) in [6.07, 6.45) is 4.95. The third kappa shape index (κ3) is 4.49. The van der Waals surface area contributed by atoms with Gasteiger partial charge < -0.3 is 9.47 Å². The highest BCUT2D eigenvalue weighted by atomic mass is 16.5. The molecule has 32 heavy (non-hydrogen) atoms. The quantitative estimate of drug-likeness (QED) is 0.359. The van der Waals surface area contributed by atoms with Crippen molar-refractivity contribution in [3.8, 4) is 28.4 Å². The van der Waals surface area contributed by atoms with E-state index in [1.165, 1.54) is 0 Å². The molecule has 2 heterocycles. The van der Waals surface area contributed by atoms with Gasteiger partial charge in [0, 0.05) is 23.5 Å². The van der Waals surface area contributed by atoms with Gasteiger partial charge in [0.05, 0.1) is 26.1 Å². The van der Waals surface area contributed by atoms with Crippen LogP contribution in [-0.4, -0.2) is 41.1 Å². The van der Waals surface area contributed by atoms with E-state index >= 15 is 0 Å². The van der Waals surface area contributed by atoms with Crippen molar-refractivity contribution in [2.75, 3.05) is 14.2 Å². The Morgan fingerprint density at radius 2 is 1.78 bits per heavy atom. The number of carbonyl (C=O) groups excluding carboxylic acids is 1. The predicted molar refractivity (Wildman–Crippen MR) is 121 cm³/mol. The highest BCUT2D eigenvalue weighted by Crippen LogP contribution is 2.33. The molecule has 0 saturated carbocycles. The molecule has 2 aromatic heterocycles. The van der Waals surface area contributed by atoms with Crippen molar-refractivity contribution < 1.29 is 14.3 Å². The number of nitrogens with zero attached hydrogens (tertiary/aromatic N) is 4. The van der Waals surface area contributed by atoms with Crippen molar-refractivity contribution in [1.82, 2.24) is 20.2 Å². The number of hydrogen-bond acceptors (Lipinski definition) is 6. The zero-order valence-electron chi connectivity index (χ0n) is 17.6. The zero-order valence-corrected chi connectivity index (χ0v) is 17.6. The monoisotopic (exact) mass is 427 g/mol. The van der Waals surface area contributed by atoms with Gasteiger partial charge in [0.1, 0.15) is 11.4 Å². The molecule has 0 spiro atoms. The Labute approximate surface area is 185 Å². The molecular formula is C24H21N5O3. The number of rotatable bonds is 7. The Hall–Kier alpha value is -4.46. The third-order valence-corrected chi connectivity index (χ3v) is 4.69. The average Bonchev–Trinajstić information content (AvgIpc) is 3.28. The van der Waals surface area contributed by atoms with Crippen LogP contribution in [0, 0.1) is 0 Å². The van der Waals surface area contributed by atoms with E-state index in [2.05, 4.69) is 15.5 Å². The molecule has 0 aliphatic heterocycles. The lowest BCUT2D eigenvalue weighted by Gasteiger charge is -2.09. The van der Waals surface area contributed by atoms with Gasteiger partial charge >= 0.3 is 0 Å². The molecule has 8 heteroatoms. The predicted octanol–water partition coefficient (Wildman–Crippen LogP) is 3.72. The number of carbonyl (C=O) groups is 1. The molecular weight excluding hydrogens is 406 g/mol. The van der Waals surface area contributed by atoms with Gasteiger partial charge in [-0.3, -0.25) is 9.78 Å². The van der Waals surface area contributed by atoms with Crippen molar-refractivity contribution in [3.63, 3.8) is 0 Å². The molecule has 2 aromatic carbocycles. The van der Waals surface area contributed by atoms with Crippen molar-refractivity contribution in [2.24, 2.45) is 5.10 Å². The third-order valence-electron chi connectivity index (χ3n) is 4.69. The first-order valence-corrected chi connectivity index (χ1v) is 9.81. The van der Waals surface area contributed by atoms with Gasteiger partial charge in [-0.05, 0) is 42.5 Å². The van der Waals surface area contributed by atoms with Crippen LogP contribution in [0.15, 0.2) is 84.2 Å². The van der Waals surface area contributed by atoms with Crippen LogP contribution in [0.1, 0.15) is 16.1 Å². The number of benzene rings is 2. The second kappa shape index (κ2) is 9.57. The average molecular weight is 427 g/mol.